The van der Waals surface area contributed by atoms with E-state index in [1.165, 1.54) is 6.42 Å². The van der Waals surface area contributed by atoms with E-state index in [0.29, 0.717) is 18.4 Å². The number of carbonyl (C=O) groups is 1. The fraction of sp³-hybridized carbons (Fsp3) is 0.588. The molecule has 5 heteroatoms. The Morgan fingerprint density at radius 3 is 2.95 bits per heavy atom. The molecule has 2 aliphatic carbocycles. The van der Waals surface area contributed by atoms with Crippen LogP contribution in [0.5, 0.6) is 5.75 Å². The van der Waals surface area contributed by atoms with Gasteiger partial charge in [0.1, 0.15) is 12.4 Å². The number of benzene rings is 1. The average Bonchev–Trinajstić information content (AvgIpc) is 3.09. The minimum atomic E-state index is -0.0243. The third-order valence-electron chi connectivity index (χ3n) is 5.61. The third-order valence-corrected chi connectivity index (χ3v) is 5.61. The maximum Gasteiger partial charge on any atom is 0.229 e. The van der Waals surface area contributed by atoms with Gasteiger partial charge in [-0.1, -0.05) is 0 Å². The molecule has 4 rings (SSSR count). The summed E-state index contributed by atoms with van der Waals surface area (Å²) in [6, 6.07) is 5.86. The van der Waals surface area contributed by atoms with E-state index in [-0.39, 0.29) is 17.9 Å². The first-order valence-corrected chi connectivity index (χ1v) is 8.18. The zero-order valence-electron chi connectivity index (χ0n) is 12.9. The van der Waals surface area contributed by atoms with Gasteiger partial charge in [-0.15, -0.1) is 0 Å². The number of nitrogens with zero attached hydrogens (tertiary/aromatic N) is 1. The van der Waals surface area contributed by atoms with E-state index < -0.39 is 0 Å². The molecule has 22 heavy (non-hydrogen) atoms. The summed E-state index contributed by atoms with van der Waals surface area (Å²) in [5.74, 6) is 1.96. The Morgan fingerprint density at radius 1 is 1.36 bits per heavy atom. The molecular weight excluding hydrogens is 278 g/mol. The highest BCUT2D eigenvalue weighted by Gasteiger charge is 2.49. The number of likely N-dealkylation sites (N-methyl/N-ethyl adjacent to an activating group) is 1. The number of rotatable bonds is 2. The minimum Gasteiger partial charge on any atom is -0.490 e. The number of hydrogen-bond acceptors (Lipinski definition) is 4. The van der Waals surface area contributed by atoms with Crippen LogP contribution in [0.15, 0.2) is 18.2 Å². The van der Waals surface area contributed by atoms with Crippen molar-refractivity contribution in [2.45, 2.75) is 25.3 Å². The van der Waals surface area contributed by atoms with E-state index in [2.05, 4.69) is 10.2 Å². The summed E-state index contributed by atoms with van der Waals surface area (Å²) in [5, 5.41) is 3.07. The Kier molecular flexibility index (Phi) is 3.26. The highest BCUT2D eigenvalue weighted by Crippen LogP contribution is 2.48. The molecule has 4 atom stereocenters. The lowest BCUT2D eigenvalue weighted by Crippen LogP contribution is -2.42. The molecule has 2 bridgehead atoms. The lowest BCUT2D eigenvalue weighted by Gasteiger charge is -2.29. The fourth-order valence-corrected chi connectivity index (χ4v) is 4.38. The van der Waals surface area contributed by atoms with Gasteiger partial charge in [0.15, 0.2) is 0 Å². The van der Waals surface area contributed by atoms with E-state index in [1.54, 1.807) is 0 Å². The van der Waals surface area contributed by atoms with Gasteiger partial charge in [-0.25, -0.2) is 0 Å². The molecule has 2 saturated carbocycles. The van der Waals surface area contributed by atoms with Crippen LogP contribution < -0.4 is 20.7 Å². The van der Waals surface area contributed by atoms with Crippen molar-refractivity contribution in [2.24, 2.45) is 23.5 Å². The number of hydrogen-bond donors (Lipinski definition) is 2. The van der Waals surface area contributed by atoms with E-state index in [9.17, 15) is 4.79 Å². The summed E-state index contributed by atoms with van der Waals surface area (Å²) in [6.07, 6.45) is 3.47. The van der Waals surface area contributed by atoms with Crippen LogP contribution in [0, 0.1) is 17.8 Å². The largest absolute Gasteiger partial charge is 0.490 e. The van der Waals surface area contributed by atoms with Crippen LogP contribution in [0.1, 0.15) is 19.3 Å². The van der Waals surface area contributed by atoms with Gasteiger partial charge >= 0.3 is 0 Å². The molecule has 118 valence electrons. The molecular formula is C17H23N3O2. The number of anilines is 2. The molecule has 0 saturated heterocycles. The second-order valence-corrected chi connectivity index (χ2v) is 6.88. The van der Waals surface area contributed by atoms with Crippen molar-refractivity contribution >= 4 is 17.3 Å². The van der Waals surface area contributed by atoms with E-state index in [0.717, 1.165) is 36.5 Å². The van der Waals surface area contributed by atoms with Crippen LogP contribution in [0.3, 0.4) is 0 Å². The van der Waals surface area contributed by atoms with Crippen molar-refractivity contribution in [3.63, 3.8) is 0 Å². The van der Waals surface area contributed by atoms with Crippen LogP contribution in [0.25, 0.3) is 0 Å². The maximum atomic E-state index is 12.6. The molecule has 0 spiro atoms. The van der Waals surface area contributed by atoms with E-state index in [4.69, 9.17) is 10.5 Å². The van der Waals surface area contributed by atoms with Crippen LogP contribution in [-0.4, -0.2) is 32.1 Å². The van der Waals surface area contributed by atoms with Gasteiger partial charge in [0.2, 0.25) is 5.91 Å². The summed E-state index contributed by atoms with van der Waals surface area (Å²) >= 11 is 0. The zero-order chi connectivity index (χ0) is 15.3. The number of amides is 1. The molecule has 5 nitrogen and oxygen atoms in total. The highest BCUT2D eigenvalue weighted by atomic mass is 16.5. The van der Waals surface area contributed by atoms with E-state index >= 15 is 0 Å². The normalized spacial score (nSPS) is 32.5. The molecule has 0 aromatic heterocycles. The Hall–Kier alpha value is -1.75. The smallest absolute Gasteiger partial charge is 0.229 e. The minimum absolute atomic E-state index is 0.0243. The summed E-state index contributed by atoms with van der Waals surface area (Å²) < 4.78 is 5.64. The van der Waals surface area contributed by atoms with Gasteiger partial charge in [-0.05, 0) is 49.3 Å². The van der Waals surface area contributed by atoms with Gasteiger partial charge in [-0.2, -0.15) is 0 Å². The number of ether oxygens (including phenoxy) is 1. The highest BCUT2D eigenvalue weighted by molar-refractivity contribution is 5.94. The topological polar surface area (TPSA) is 67.6 Å². The number of carbonyl (C=O) groups excluding carboxylic acids is 1. The van der Waals surface area contributed by atoms with Crippen molar-refractivity contribution in [2.75, 3.05) is 30.4 Å². The molecule has 1 heterocycles. The zero-order valence-corrected chi connectivity index (χ0v) is 12.9. The van der Waals surface area contributed by atoms with Crippen LogP contribution in [-0.2, 0) is 4.79 Å². The second kappa shape index (κ2) is 5.16. The lowest BCUT2D eigenvalue weighted by atomic mass is 9.84. The predicted octanol–water partition coefficient (Wildman–Crippen LogP) is 1.83. The SMILES string of the molecule is CN1CCOc2ccc(NC(=O)C3C4CCC(C4)C3N)cc21. The average molecular weight is 301 g/mol. The first kappa shape index (κ1) is 13.9. The first-order chi connectivity index (χ1) is 10.6. The Bertz CT molecular complexity index is 602. The van der Waals surface area contributed by atoms with Crippen LogP contribution >= 0.6 is 0 Å². The van der Waals surface area contributed by atoms with Gasteiger partial charge in [-0.3, -0.25) is 4.79 Å². The van der Waals surface area contributed by atoms with Crippen molar-refractivity contribution < 1.29 is 9.53 Å². The summed E-state index contributed by atoms with van der Waals surface area (Å²) in [4.78, 5) is 14.8. The monoisotopic (exact) mass is 301 g/mol. The molecule has 1 aromatic carbocycles. The Morgan fingerprint density at radius 2 is 2.18 bits per heavy atom. The van der Waals surface area contributed by atoms with Crippen LogP contribution in [0.4, 0.5) is 11.4 Å². The molecule has 2 fully saturated rings. The lowest BCUT2D eigenvalue weighted by molar-refractivity contribution is -0.121. The van der Waals surface area contributed by atoms with Crippen molar-refractivity contribution in [1.82, 2.24) is 0 Å². The van der Waals surface area contributed by atoms with Gasteiger partial charge < -0.3 is 20.7 Å². The number of nitrogens with one attached hydrogen (secondary N) is 1. The second-order valence-electron chi connectivity index (χ2n) is 6.88. The Labute approximate surface area is 130 Å². The predicted molar refractivity (Wildman–Crippen MR) is 86.1 cm³/mol. The van der Waals surface area contributed by atoms with Gasteiger partial charge in [0.05, 0.1) is 18.2 Å². The molecule has 0 radical (unpaired) electrons. The third kappa shape index (κ3) is 2.15. The summed E-state index contributed by atoms with van der Waals surface area (Å²) in [6.45, 7) is 1.57. The molecule has 4 unspecified atom stereocenters. The van der Waals surface area contributed by atoms with Crippen molar-refractivity contribution in [1.29, 1.82) is 0 Å². The molecule has 1 aromatic rings. The standard InChI is InChI=1S/C17H23N3O2/c1-20-6-7-22-14-5-4-12(9-13(14)20)19-17(21)15-10-2-3-11(8-10)16(15)18/h4-5,9-11,15-16H,2-3,6-8,18H2,1H3,(H,19,21). The van der Waals surface area contributed by atoms with E-state index in [1.807, 2.05) is 25.2 Å². The molecule has 3 N–H and O–H groups in total. The van der Waals surface area contributed by atoms with Crippen molar-refractivity contribution in [3.05, 3.63) is 18.2 Å². The maximum absolute atomic E-state index is 12.6. The van der Waals surface area contributed by atoms with Gasteiger partial charge in [0.25, 0.3) is 0 Å². The summed E-state index contributed by atoms with van der Waals surface area (Å²) in [5.41, 5.74) is 8.12. The molecule has 3 aliphatic rings. The summed E-state index contributed by atoms with van der Waals surface area (Å²) in [7, 11) is 2.04. The fourth-order valence-electron chi connectivity index (χ4n) is 4.38. The van der Waals surface area contributed by atoms with Crippen molar-refractivity contribution in [3.8, 4) is 5.75 Å². The Balaban J connectivity index is 1.52. The molecule has 1 amide bonds. The van der Waals surface area contributed by atoms with Gasteiger partial charge in [0, 0.05) is 18.8 Å². The number of fused-ring (bicyclic) bond motifs is 3. The quantitative estimate of drug-likeness (QED) is 0.874. The van der Waals surface area contributed by atoms with Crippen LogP contribution in [0.2, 0.25) is 0 Å². The first-order valence-electron chi connectivity index (χ1n) is 8.18. The molecule has 1 aliphatic heterocycles. The number of nitrogens with two attached hydrogens (primary N) is 1.